The predicted molar refractivity (Wildman–Crippen MR) is 104 cm³/mol. The number of benzene rings is 2. The molecule has 7 nitrogen and oxygen atoms in total. The monoisotopic (exact) mass is 389 g/mol. The molecule has 0 saturated heterocycles. The van der Waals surface area contributed by atoms with E-state index >= 15 is 0 Å². The summed E-state index contributed by atoms with van der Waals surface area (Å²) in [6.45, 7) is 4.08. The number of hydrogen-bond acceptors (Lipinski definition) is 5. The van der Waals surface area contributed by atoms with E-state index in [1.54, 1.807) is 6.07 Å². The molecule has 2 aromatic rings. The van der Waals surface area contributed by atoms with Crippen LogP contribution in [0, 0.1) is 10.1 Å². The minimum Gasteiger partial charge on any atom is -0.484 e. The molecule has 0 saturated carbocycles. The first-order valence-electron chi connectivity index (χ1n) is 8.39. The lowest BCUT2D eigenvalue weighted by Gasteiger charge is -2.10. The van der Waals surface area contributed by atoms with E-state index in [1.807, 2.05) is 24.3 Å². The molecule has 1 atom stereocenters. The van der Waals surface area contributed by atoms with Gasteiger partial charge in [0.15, 0.2) is 6.61 Å². The van der Waals surface area contributed by atoms with E-state index in [4.69, 9.17) is 16.3 Å². The van der Waals surface area contributed by atoms with E-state index in [0.717, 1.165) is 6.42 Å². The number of carbonyl (C=O) groups is 1. The smallest absolute Gasteiger partial charge is 0.288 e. The molecule has 1 unspecified atom stereocenters. The Balaban J connectivity index is 1.85. The SMILES string of the molecule is CCC(C)c1ccc(OCC(=O)N/N=C/c2ccc(Cl)c([N+](=O)[O-])c2)cc1. The number of ether oxygens (including phenoxy) is 1. The molecule has 2 rings (SSSR count). The van der Waals surface area contributed by atoms with E-state index in [0.29, 0.717) is 17.2 Å². The summed E-state index contributed by atoms with van der Waals surface area (Å²) in [5, 5.41) is 14.6. The number of carbonyl (C=O) groups excluding carboxylic acids is 1. The highest BCUT2D eigenvalue weighted by Gasteiger charge is 2.12. The van der Waals surface area contributed by atoms with Crippen LogP contribution in [-0.4, -0.2) is 23.7 Å². The number of nitro benzene ring substituents is 1. The van der Waals surface area contributed by atoms with Gasteiger partial charge in [0, 0.05) is 11.6 Å². The van der Waals surface area contributed by atoms with Crippen LogP contribution in [0.1, 0.15) is 37.3 Å². The predicted octanol–water partition coefficient (Wildman–Crippen LogP) is 4.29. The van der Waals surface area contributed by atoms with Crippen molar-refractivity contribution < 1.29 is 14.5 Å². The number of nitro groups is 1. The molecule has 0 aliphatic heterocycles. The third-order valence-corrected chi connectivity index (χ3v) is 4.32. The molecule has 0 bridgehead atoms. The first kappa shape index (κ1) is 20.4. The molecule has 0 radical (unpaired) electrons. The molecule has 1 N–H and O–H groups in total. The summed E-state index contributed by atoms with van der Waals surface area (Å²) in [6, 6.07) is 11.8. The summed E-state index contributed by atoms with van der Waals surface area (Å²) in [6.07, 6.45) is 2.35. The lowest BCUT2D eigenvalue weighted by atomic mass is 9.99. The van der Waals surface area contributed by atoms with Crippen molar-refractivity contribution in [2.75, 3.05) is 6.61 Å². The number of nitrogens with zero attached hydrogens (tertiary/aromatic N) is 2. The van der Waals surface area contributed by atoms with Crippen LogP contribution < -0.4 is 10.2 Å². The van der Waals surface area contributed by atoms with Gasteiger partial charge in [-0.15, -0.1) is 0 Å². The molecule has 142 valence electrons. The van der Waals surface area contributed by atoms with Crippen molar-refractivity contribution in [3.05, 3.63) is 68.7 Å². The zero-order valence-electron chi connectivity index (χ0n) is 15.0. The van der Waals surface area contributed by atoms with Gasteiger partial charge in [-0.2, -0.15) is 5.10 Å². The second kappa shape index (κ2) is 9.68. The second-order valence-electron chi connectivity index (χ2n) is 5.93. The van der Waals surface area contributed by atoms with Gasteiger partial charge >= 0.3 is 0 Å². The van der Waals surface area contributed by atoms with Crippen LogP contribution in [0.25, 0.3) is 0 Å². The van der Waals surface area contributed by atoms with Crippen LogP contribution in [0.3, 0.4) is 0 Å². The van der Waals surface area contributed by atoms with Gasteiger partial charge in [-0.05, 0) is 36.1 Å². The van der Waals surface area contributed by atoms with Gasteiger partial charge in [0.2, 0.25) is 0 Å². The number of halogens is 1. The summed E-state index contributed by atoms with van der Waals surface area (Å²) >= 11 is 5.74. The van der Waals surface area contributed by atoms with Crippen LogP contribution in [0.2, 0.25) is 5.02 Å². The maximum absolute atomic E-state index is 11.8. The third-order valence-electron chi connectivity index (χ3n) is 4.00. The van der Waals surface area contributed by atoms with E-state index in [1.165, 1.54) is 23.9 Å². The maximum Gasteiger partial charge on any atom is 0.288 e. The highest BCUT2D eigenvalue weighted by Crippen LogP contribution is 2.24. The van der Waals surface area contributed by atoms with Gasteiger partial charge in [0.05, 0.1) is 11.1 Å². The highest BCUT2D eigenvalue weighted by molar-refractivity contribution is 6.32. The van der Waals surface area contributed by atoms with E-state index < -0.39 is 10.8 Å². The lowest BCUT2D eigenvalue weighted by Crippen LogP contribution is -2.24. The Hall–Kier alpha value is -2.93. The summed E-state index contributed by atoms with van der Waals surface area (Å²) in [5.41, 5.74) is 3.74. The Bertz CT molecular complexity index is 837. The molecule has 27 heavy (non-hydrogen) atoms. The molecule has 0 aromatic heterocycles. The lowest BCUT2D eigenvalue weighted by molar-refractivity contribution is -0.384. The number of amides is 1. The van der Waals surface area contributed by atoms with Crippen LogP contribution in [0.4, 0.5) is 5.69 Å². The van der Waals surface area contributed by atoms with E-state index in [2.05, 4.69) is 24.4 Å². The van der Waals surface area contributed by atoms with Gasteiger partial charge in [0.25, 0.3) is 11.6 Å². The Morgan fingerprint density at radius 1 is 1.33 bits per heavy atom. The molecule has 0 aliphatic rings. The van der Waals surface area contributed by atoms with Crippen molar-refractivity contribution in [3.63, 3.8) is 0 Å². The van der Waals surface area contributed by atoms with Crippen LogP contribution >= 0.6 is 11.6 Å². The fourth-order valence-electron chi connectivity index (χ4n) is 2.24. The average Bonchev–Trinajstić information content (AvgIpc) is 2.67. The minimum absolute atomic E-state index is 0.0361. The van der Waals surface area contributed by atoms with Crippen molar-refractivity contribution in [1.82, 2.24) is 5.43 Å². The molecule has 1 amide bonds. The first-order chi connectivity index (χ1) is 12.9. The van der Waals surface area contributed by atoms with Gasteiger partial charge in [-0.25, -0.2) is 5.43 Å². The standard InChI is InChI=1S/C19H20ClN3O4/c1-3-13(2)15-5-7-16(8-6-15)27-12-19(24)22-21-11-14-4-9-17(20)18(10-14)23(25)26/h4-11,13H,3,12H2,1-2H3,(H,22,24)/b21-11+. The first-order valence-corrected chi connectivity index (χ1v) is 8.77. The Labute approximate surface area is 162 Å². The van der Waals surface area contributed by atoms with Gasteiger partial charge in [-0.1, -0.05) is 43.6 Å². The molecule has 8 heteroatoms. The minimum atomic E-state index is -0.585. The third kappa shape index (κ3) is 6.07. The van der Waals surface area contributed by atoms with Crippen molar-refractivity contribution in [1.29, 1.82) is 0 Å². The second-order valence-corrected chi connectivity index (χ2v) is 6.34. The normalized spacial score (nSPS) is 12.0. The van der Waals surface area contributed by atoms with Crippen LogP contribution in [0.15, 0.2) is 47.6 Å². The molecule has 2 aromatic carbocycles. The largest absolute Gasteiger partial charge is 0.484 e. The number of nitrogens with one attached hydrogen (secondary N) is 1. The molecule has 0 fully saturated rings. The number of hydrogen-bond donors (Lipinski definition) is 1. The van der Waals surface area contributed by atoms with Crippen molar-refractivity contribution in [2.45, 2.75) is 26.2 Å². The van der Waals surface area contributed by atoms with Crippen molar-refractivity contribution in [3.8, 4) is 5.75 Å². The van der Waals surface area contributed by atoms with E-state index in [9.17, 15) is 14.9 Å². The van der Waals surface area contributed by atoms with Crippen LogP contribution in [0.5, 0.6) is 5.75 Å². The Kier molecular flexibility index (Phi) is 7.31. The van der Waals surface area contributed by atoms with Crippen molar-refractivity contribution in [2.24, 2.45) is 5.10 Å². The number of rotatable bonds is 8. The topological polar surface area (TPSA) is 93.8 Å². The Morgan fingerprint density at radius 3 is 2.67 bits per heavy atom. The zero-order valence-corrected chi connectivity index (χ0v) is 15.8. The van der Waals surface area contributed by atoms with Gasteiger partial charge < -0.3 is 4.74 Å². The van der Waals surface area contributed by atoms with Crippen LogP contribution in [-0.2, 0) is 4.79 Å². The quantitative estimate of drug-likeness (QED) is 0.414. The summed E-state index contributed by atoms with van der Waals surface area (Å²) < 4.78 is 5.41. The number of hydrazone groups is 1. The van der Waals surface area contributed by atoms with Gasteiger partial charge in [0.1, 0.15) is 10.8 Å². The summed E-state index contributed by atoms with van der Waals surface area (Å²) in [4.78, 5) is 22.0. The van der Waals surface area contributed by atoms with Crippen molar-refractivity contribution >= 4 is 29.4 Å². The molecule has 0 aliphatic carbocycles. The fraction of sp³-hybridized carbons (Fsp3) is 0.263. The summed E-state index contributed by atoms with van der Waals surface area (Å²) in [7, 11) is 0. The molecular formula is C19H20ClN3O4. The average molecular weight is 390 g/mol. The van der Waals surface area contributed by atoms with E-state index in [-0.39, 0.29) is 17.3 Å². The zero-order chi connectivity index (χ0) is 19.8. The molecular weight excluding hydrogens is 370 g/mol. The van der Waals surface area contributed by atoms with Gasteiger partial charge in [-0.3, -0.25) is 14.9 Å². The molecule has 0 spiro atoms. The Morgan fingerprint density at radius 2 is 2.04 bits per heavy atom. The fourth-order valence-corrected chi connectivity index (χ4v) is 2.42. The highest BCUT2D eigenvalue weighted by atomic mass is 35.5. The maximum atomic E-state index is 11.8. The molecule has 0 heterocycles. The summed E-state index contributed by atoms with van der Waals surface area (Å²) in [5.74, 6) is 0.621.